The highest BCUT2D eigenvalue weighted by molar-refractivity contribution is 5.82. The molecule has 0 spiro atoms. The predicted molar refractivity (Wildman–Crippen MR) is 57.5 cm³/mol. The van der Waals surface area contributed by atoms with Crippen molar-refractivity contribution in [3.05, 3.63) is 0 Å². The summed E-state index contributed by atoms with van der Waals surface area (Å²) in [4.78, 5) is 24.5. The summed E-state index contributed by atoms with van der Waals surface area (Å²) < 4.78 is 10.5. The molecule has 2 saturated heterocycles. The van der Waals surface area contributed by atoms with Crippen molar-refractivity contribution in [2.45, 2.75) is 31.5 Å². The minimum absolute atomic E-state index is 0.0979. The fourth-order valence-electron chi connectivity index (χ4n) is 2.17. The lowest BCUT2D eigenvalue weighted by molar-refractivity contribution is -0.154. The van der Waals surface area contributed by atoms with Crippen LogP contribution >= 0.6 is 0 Å². The first-order valence-electron chi connectivity index (χ1n) is 5.93. The Morgan fingerprint density at radius 2 is 1.88 bits per heavy atom. The van der Waals surface area contributed by atoms with E-state index in [2.05, 4.69) is 0 Å². The van der Waals surface area contributed by atoms with Crippen molar-refractivity contribution in [2.24, 2.45) is 0 Å². The molecule has 0 aromatic heterocycles. The van der Waals surface area contributed by atoms with E-state index in [1.54, 1.807) is 4.90 Å². The normalized spacial score (nSPS) is 30.0. The largest absolute Gasteiger partial charge is 0.479 e. The number of hydrogen-bond donors (Lipinski definition) is 1. The lowest BCUT2D eigenvalue weighted by Crippen LogP contribution is -2.41. The van der Waals surface area contributed by atoms with Crippen molar-refractivity contribution in [3.63, 3.8) is 0 Å². The summed E-state index contributed by atoms with van der Waals surface area (Å²) in [6.07, 6.45) is 0.311. The zero-order chi connectivity index (χ0) is 12.3. The van der Waals surface area contributed by atoms with Crippen molar-refractivity contribution in [1.29, 1.82) is 0 Å². The maximum absolute atomic E-state index is 12.1. The van der Waals surface area contributed by atoms with Gasteiger partial charge in [0.15, 0.2) is 6.10 Å². The summed E-state index contributed by atoms with van der Waals surface area (Å²) in [5.41, 5.74) is 0. The molecule has 2 rings (SSSR count). The van der Waals surface area contributed by atoms with E-state index in [1.807, 2.05) is 0 Å². The number of ether oxygens (including phenoxy) is 2. The van der Waals surface area contributed by atoms with Gasteiger partial charge < -0.3 is 19.5 Å². The molecule has 0 saturated carbocycles. The number of amides is 1. The van der Waals surface area contributed by atoms with E-state index in [-0.39, 0.29) is 5.91 Å². The lowest BCUT2D eigenvalue weighted by Gasteiger charge is -2.23. The first-order chi connectivity index (χ1) is 8.18. The fraction of sp³-hybridized carbons (Fsp3) is 0.818. The Morgan fingerprint density at radius 1 is 1.12 bits per heavy atom. The molecule has 2 fully saturated rings. The van der Waals surface area contributed by atoms with Crippen molar-refractivity contribution in [1.82, 2.24) is 4.90 Å². The topological polar surface area (TPSA) is 76.1 Å². The molecule has 17 heavy (non-hydrogen) atoms. The van der Waals surface area contributed by atoms with Gasteiger partial charge in [0.1, 0.15) is 6.10 Å². The zero-order valence-corrected chi connectivity index (χ0v) is 9.63. The maximum atomic E-state index is 12.1. The second-order valence-corrected chi connectivity index (χ2v) is 4.32. The van der Waals surface area contributed by atoms with Crippen LogP contribution in [0.2, 0.25) is 0 Å². The number of carboxylic acids is 1. The molecule has 0 aliphatic carbocycles. The summed E-state index contributed by atoms with van der Waals surface area (Å²) in [6.45, 7) is 2.45. The lowest BCUT2D eigenvalue weighted by atomic mass is 10.2. The van der Waals surface area contributed by atoms with Crippen molar-refractivity contribution < 1.29 is 24.2 Å². The Bertz CT molecular complexity index is 298. The van der Waals surface area contributed by atoms with Crippen LogP contribution in [0.5, 0.6) is 0 Å². The smallest absolute Gasteiger partial charge is 0.332 e. The number of carboxylic acid groups (broad SMARTS) is 1. The van der Waals surface area contributed by atoms with E-state index in [4.69, 9.17) is 14.6 Å². The predicted octanol–water partition coefficient (Wildman–Crippen LogP) is -0.133. The van der Waals surface area contributed by atoms with Gasteiger partial charge in [0, 0.05) is 19.7 Å². The number of rotatable bonds is 2. The van der Waals surface area contributed by atoms with Gasteiger partial charge in [-0.05, 0) is 19.3 Å². The molecule has 2 aliphatic heterocycles. The standard InChI is InChI=1S/C11H17NO5/c13-10(12-4-1-6-16-7-5-12)8-2-3-9(17-8)11(14)15/h8-9H,1-7H2,(H,14,15)/t8-,9+/m0/s1. The first kappa shape index (κ1) is 12.3. The SMILES string of the molecule is O=C(O)[C@H]1CC[C@@H](C(=O)N2CCCOCC2)O1. The van der Waals surface area contributed by atoms with Crippen molar-refractivity contribution in [2.75, 3.05) is 26.3 Å². The number of carbonyl (C=O) groups excluding carboxylic acids is 1. The van der Waals surface area contributed by atoms with Gasteiger partial charge >= 0.3 is 5.97 Å². The molecule has 0 unspecified atom stereocenters. The highest BCUT2D eigenvalue weighted by Crippen LogP contribution is 2.22. The van der Waals surface area contributed by atoms with E-state index < -0.39 is 18.2 Å². The monoisotopic (exact) mass is 243 g/mol. The molecule has 2 atom stereocenters. The van der Waals surface area contributed by atoms with Gasteiger partial charge in [-0.25, -0.2) is 4.79 Å². The van der Waals surface area contributed by atoms with Gasteiger partial charge in [-0.3, -0.25) is 4.79 Å². The third kappa shape index (κ3) is 2.95. The maximum Gasteiger partial charge on any atom is 0.332 e. The third-order valence-corrected chi connectivity index (χ3v) is 3.10. The minimum Gasteiger partial charge on any atom is -0.479 e. The molecule has 96 valence electrons. The van der Waals surface area contributed by atoms with Crippen LogP contribution in [0.25, 0.3) is 0 Å². The summed E-state index contributed by atoms with van der Waals surface area (Å²) in [7, 11) is 0. The minimum atomic E-state index is -0.987. The molecule has 2 aliphatic rings. The van der Waals surface area contributed by atoms with Crippen molar-refractivity contribution >= 4 is 11.9 Å². The van der Waals surface area contributed by atoms with Gasteiger partial charge in [0.25, 0.3) is 5.91 Å². The molecule has 0 radical (unpaired) electrons. The fourth-order valence-corrected chi connectivity index (χ4v) is 2.17. The summed E-state index contributed by atoms with van der Waals surface area (Å²) in [5, 5.41) is 8.80. The van der Waals surface area contributed by atoms with Crippen LogP contribution in [0, 0.1) is 0 Å². The number of nitrogens with zero attached hydrogens (tertiary/aromatic N) is 1. The Hall–Kier alpha value is -1.14. The highest BCUT2D eigenvalue weighted by atomic mass is 16.5. The number of carbonyl (C=O) groups is 2. The molecule has 2 heterocycles. The van der Waals surface area contributed by atoms with E-state index >= 15 is 0 Å². The van der Waals surface area contributed by atoms with Gasteiger partial charge in [-0.2, -0.15) is 0 Å². The van der Waals surface area contributed by atoms with E-state index in [0.29, 0.717) is 39.1 Å². The molecule has 6 heteroatoms. The second-order valence-electron chi connectivity index (χ2n) is 4.32. The van der Waals surface area contributed by atoms with E-state index in [0.717, 1.165) is 6.42 Å². The third-order valence-electron chi connectivity index (χ3n) is 3.10. The Balaban J connectivity index is 1.89. The average Bonchev–Trinajstić information content (AvgIpc) is 2.65. The van der Waals surface area contributed by atoms with Crippen LogP contribution in [0.3, 0.4) is 0 Å². The molecule has 0 aromatic carbocycles. The quantitative estimate of drug-likeness (QED) is 0.731. The van der Waals surface area contributed by atoms with Crippen molar-refractivity contribution in [3.8, 4) is 0 Å². The second kappa shape index (κ2) is 5.46. The Morgan fingerprint density at radius 3 is 2.59 bits per heavy atom. The van der Waals surface area contributed by atoms with E-state index in [9.17, 15) is 9.59 Å². The first-order valence-corrected chi connectivity index (χ1v) is 5.93. The Kier molecular flexibility index (Phi) is 3.96. The van der Waals surface area contributed by atoms with Crippen LogP contribution < -0.4 is 0 Å². The molecular formula is C11H17NO5. The van der Waals surface area contributed by atoms with E-state index in [1.165, 1.54) is 0 Å². The van der Waals surface area contributed by atoms with Gasteiger partial charge in [-0.15, -0.1) is 0 Å². The summed E-state index contributed by atoms with van der Waals surface area (Å²) in [5.74, 6) is -1.08. The molecular weight excluding hydrogens is 226 g/mol. The van der Waals surface area contributed by atoms with Crippen LogP contribution in [-0.2, 0) is 19.1 Å². The molecule has 0 bridgehead atoms. The molecule has 1 amide bonds. The van der Waals surface area contributed by atoms with Crippen LogP contribution in [-0.4, -0.2) is 60.4 Å². The van der Waals surface area contributed by atoms with Gasteiger partial charge in [-0.1, -0.05) is 0 Å². The molecule has 6 nitrogen and oxygen atoms in total. The highest BCUT2D eigenvalue weighted by Gasteiger charge is 2.36. The molecule has 0 aromatic rings. The number of aliphatic carboxylic acids is 1. The van der Waals surface area contributed by atoms with Gasteiger partial charge in [0.05, 0.1) is 6.61 Å². The average molecular weight is 243 g/mol. The molecule has 1 N–H and O–H groups in total. The van der Waals surface area contributed by atoms with Crippen LogP contribution in [0.4, 0.5) is 0 Å². The Labute approximate surface area is 99.5 Å². The van der Waals surface area contributed by atoms with Crippen LogP contribution in [0.15, 0.2) is 0 Å². The van der Waals surface area contributed by atoms with Gasteiger partial charge in [0.2, 0.25) is 0 Å². The van der Waals surface area contributed by atoms with Crippen LogP contribution in [0.1, 0.15) is 19.3 Å². The summed E-state index contributed by atoms with van der Waals surface area (Å²) >= 11 is 0. The summed E-state index contributed by atoms with van der Waals surface area (Å²) in [6, 6.07) is 0. The number of hydrogen-bond acceptors (Lipinski definition) is 4. The zero-order valence-electron chi connectivity index (χ0n) is 9.63.